The molecule has 1 heterocycles. The third-order valence-electron chi connectivity index (χ3n) is 3.12. The Kier molecular flexibility index (Phi) is 4.42. The summed E-state index contributed by atoms with van der Waals surface area (Å²) in [6, 6.07) is 7.43. The molecule has 5 heteroatoms. The molecule has 106 valence electrons. The first kappa shape index (κ1) is 14.1. The molecule has 0 spiro atoms. The highest BCUT2D eigenvalue weighted by Gasteiger charge is 2.16. The molecule has 1 aromatic carbocycles. The number of para-hydroxylation sites is 1. The molecule has 0 saturated carbocycles. The summed E-state index contributed by atoms with van der Waals surface area (Å²) in [6.07, 6.45) is 2.81. The maximum absolute atomic E-state index is 11.0. The zero-order valence-corrected chi connectivity index (χ0v) is 11.2. The van der Waals surface area contributed by atoms with Crippen molar-refractivity contribution in [3.8, 4) is 0 Å². The fraction of sp³-hybridized carbons (Fsp3) is 0.267. The molecular weight excluding hydrogens is 256 g/mol. The summed E-state index contributed by atoms with van der Waals surface area (Å²) in [5, 5.41) is 10.1. The highest BCUT2D eigenvalue weighted by atomic mass is 16.4. The Bertz CT molecular complexity index is 606. The molecule has 2 aromatic rings. The van der Waals surface area contributed by atoms with Crippen molar-refractivity contribution in [1.29, 1.82) is 0 Å². The van der Waals surface area contributed by atoms with Crippen LogP contribution in [0.3, 0.4) is 0 Å². The normalized spacial score (nSPS) is 12.2. The molecule has 1 unspecified atom stereocenters. The predicted octanol–water partition coefficient (Wildman–Crippen LogP) is 2.47. The molecule has 3 N–H and O–H groups in total. The van der Waals surface area contributed by atoms with Crippen LogP contribution in [0.2, 0.25) is 0 Å². The largest absolute Gasteiger partial charge is 0.465 e. The van der Waals surface area contributed by atoms with Gasteiger partial charge in [0.15, 0.2) is 0 Å². The molecule has 20 heavy (non-hydrogen) atoms. The van der Waals surface area contributed by atoms with Crippen molar-refractivity contribution in [3.05, 3.63) is 48.7 Å². The van der Waals surface area contributed by atoms with E-state index in [0.29, 0.717) is 6.42 Å². The van der Waals surface area contributed by atoms with E-state index in [4.69, 9.17) is 15.3 Å². The molecule has 0 saturated heterocycles. The zero-order valence-electron chi connectivity index (χ0n) is 11.2. The van der Waals surface area contributed by atoms with Gasteiger partial charge in [0.25, 0.3) is 0 Å². The number of hydrogen-bond donors (Lipinski definition) is 2. The molecule has 0 aliphatic rings. The van der Waals surface area contributed by atoms with E-state index >= 15 is 0 Å². The Morgan fingerprint density at radius 1 is 1.50 bits per heavy atom. The highest BCUT2D eigenvalue weighted by Crippen LogP contribution is 2.21. The van der Waals surface area contributed by atoms with Gasteiger partial charge in [0, 0.05) is 24.5 Å². The van der Waals surface area contributed by atoms with E-state index in [1.807, 2.05) is 24.3 Å². The van der Waals surface area contributed by atoms with E-state index in [9.17, 15) is 4.79 Å². The van der Waals surface area contributed by atoms with Crippen molar-refractivity contribution in [2.75, 3.05) is 13.1 Å². The fourth-order valence-corrected chi connectivity index (χ4v) is 2.21. The second kappa shape index (κ2) is 6.25. The first-order valence-corrected chi connectivity index (χ1v) is 6.41. The van der Waals surface area contributed by atoms with E-state index in [1.54, 1.807) is 12.3 Å². The summed E-state index contributed by atoms with van der Waals surface area (Å²) >= 11 is 0. The van der Waals surface area contributed by atoms with Crippen molar-refractivity contribution in [2.45, 2.75) is 12.5 Å². The van der Waals surface area contributed by atoms with Crippen molar-refractivity contribution in [3.63, 3.8) is 0 Å². The van der Waals surface area contributed by atoms with Crippen LogP contribution < -0.4 is 5.73 Å². The summed E-state index contributed by atoms with van der Waals surface area (Å²) in [6.45, 7) is 4.08. The van der Waals surface area contributed by atoms with Gasteiger partial charge < -0.3 is 20.2 Å². The Balaban J connectivity index is 2.05. The fourth-order valence-electron chi connectivity index (χ4n) is 2.21. The minimum atomic E-state index is -0.989. The standard InChI is InChI=1S/C15H18N2O3/c1-2-7-17(15(18)19)9-12(16)8-11-10-20-14-6-4-3-5-13(11)14/h2-6,10,12H,1,7-9,16H2,(H,18,19). The lowest BCUT2D eigenvalue weighted by molar-refractivity contribution is 0.147. The van der Waals surface area contributed by atoms with Crippen LogP contribution >= 0.6 is 0 Å². The van der Waals surface area contributed by atoms with Crippen LogP contribution in [0.25, 0.3) is 11.0 Å². The van der Waals surface area contributed by atoms with Crippen LogP contribution in [0, 0.1) is 0 Å². The smallest absolute Gasteiger partial charge is 0.407 e. The number of carboxylic acid groups (broad SMARTS) is 1. The molecule has 5 nitrogen and oxygen atoms in total. The second-order valence-electron chi connectivity index (χ2n) is 4.70. The number of amides is 1. The van der Waals surface area contributed by atoms with Gasteiger partial charge in [-0.3, -0.25) is 0 Å². The van der Waals surface area contributed by atoms with E-state index < -0.39 is 6.09 Å². The number of rotatable bonds is 6. The van der Waals surface area contributed by atoms with Crippen LogP contribution in [0.4, 0.5) is 4.79 Å². The summed E-state index contributed by atoms with van der Waals surface area (Å²) in [5.41, 5.74) is 7.86. The van der Waals surface area contributed by atoms with Gasteiger partial charge in [-0.15, -0.1) is 6.58 Å². The summed E-state index contributed by atoms with van der Waals surface area (Å²) in [4.78, 5) is 12.3. The van der Waals surface area contributed by atoms with E-state index in [0.717, 1.165) is 16.5 Å². The van der Waals surface area contributed by atoms with E-state index in [-0.39, 0.29) is 19.1 Å². The number of benzene rings is 1. The number of fused-ring (bicyclic) bond motifs is 1. The first-order valence-electron chi connectivity index (χ1n) is 6.41. The number of nitrogens with zero attached hydrogens (tertiary/aromatic N) is 1. The third kappa shape index (κ3) is 3.19. The van der Waals surface area contributed by atoms with Crippen molar-refractivity contribution >= 4 is 17.1 Å². The van der Waals surface area contributed by atoms with Crippen molar-refractivity contribution in [2.24, 2.45) is 5.73 Å². The topological polar surface area (TPSA) is 79.7 Å². The van der Waals surface area contributed by atoms with Crippen molar-refractivity contribution < 1.29 is 14.3 Å². The molecule has 0 bridgehead atoms. The monoisotopic (exact) mass is 274 g/mol. The van der Waals surface area contributed by atoms with Gasteiger partial charge >= 0.3 is 6.09 Å². The Labute approximate surface area is 117 Å². The molecule has 0 fully saturated rings. The minimum absolute atomic E-state index is 0.265. The quantitative estimate of drug-likeness (QED) is 0.793. The summed E-state index contributed by atoms with van der Waals surface area (Å²) < 4.78 is 5.45. The Morgan fingerprint density at radius 3 is 2.95 bits per heavy atom. The minimum Gasteiger partial charge on any atom is -0.465 e. The highest BCUT2D eigenvalue weighted by molar-refractivity contribution is 5.80. The van der Waals surface area contributed by atoms with Gasteiger partial charge in [-0.2, -0.15) is 0 Å². The SMILES string of the molecule is C=CCN(CC(N)Cc1coc2ccccc12)C(=O)O. The third-order valence-corrected chi connectivity index (χ3v) is 3.12. The molecule has 1 atom stereocenters. The Hall–Kier alpha value is -2.27. The Morgan fingerprint density at radius 2 is 2.25 bits per heavy atom. The van der Waals surface area contributed by atoms with Crippen LogP contribution in [0.15, 0.2) is 47.6 Å². The maximum Gasteiger partial charge on any atom is 0.407 e. The number of hydrogen-bond acceptors (Lipinski definition) is 3. The molecule has 2 rings (SSSR count). The van der Waals surface area contributed by atoms with Crippen molar-refractivity contribution in [1.82, 2.24) is 4.90 Å². The molecule has 0 radical (unpaired) electrons. The molecule has 1 amide bonds. The van der Waals surface area contributed by atoms with E-state index in [1.165, 1.54) is 4.90 Å². The van der Waals surface area contributed by atoms with Crippen LogP contribution in [-0.4, -0.2) is 35.2 Å². The molecule has 1 aromatic heterocycles. The molecule has 0 aliphatic heterocycles. The van der Waals surface area contributed by atoms with Gasteiger partial charge in [-0.05, 0) is 18.1 Å². The van der Waals surface area contributed by atoms with Gasteiger partial charge in [-0.25, -0.2) is 4.79 Å². The lowest BCUT2D eigenvalue weighted by atomic mass is 10.1. The van der Waals surface area contributed by atoms with Gasteiger partial charge in [-0.1, -0.05) is 24.3 Å². The first-order chi connectivity index (χ1) is 9.61. The lowest BCUT2D eigenvalue weighted by Gasteiger charge is -2.21. The number of furan rings is 1. The van der Waals surface area contributed by atoms with E-state index in [2.05, 4.69) is 6.58 Å². The molecular formula is C15H18N2O3. The van der Waals surface area contributed by atoms with Crippen LogP contribution in [0.5, 0.6) is 0 Å². The molecule has 0 aliphatic carbocycles. The zero-order chi connectivity index (χ0) is 14.5. The van der Waals surface area contributed by atoms with Crippen LogP contribution in [-0.2, 0) is 6.42 Å². The second-order valence-corrected chi connectivity index (χ2v) is 4.70. The maximum atomic E-state index is 11.0. The summed E-state index contributed by atoms with van der Waals surface area (Å²) in [7, 11) is 0. The van der Waals surface area contributed by atoms with Crippen LogP contribution in [0.1, 0.15) is 5.56 Å². The average Bonchev–Trinajstić information content (AvgIpc) is 2.81. The van der Waals surface area contributed by atoms with Gasteiger partial charge in [0.1, 0.15) is 5.58 Å². The average molecular weight is 274 g/mol. The number of nitrogens with two attached hydrogens (primary N) is 1. The number of carbonyl (C=O) groups is 1. The van der Waals surface area contributed by atoms with Gasteiger partial charge in [0.2, 0.25) is 0 Å². The van der Waals surface area contributed by atoms with Gasteiger partial charge in [0.05, 0.1) is 6.26 Å². The predicted molar refractivity (Wildman–Crippen MR) is 77.7 cm³/mol. The lowest BCUT2D eigenvalue weighted by Crippen LogP contribution is -2.41. The summed E-state index contributed by atoms with van der Waals surface area (Å²) in [5.74, 6) is 0.